The number of carboxylic acids is 2. The number of nitrogens with one attached hydrogen (secondary N) is 2. The van der Waals surface area contributed by atoms with Crippen molar-refractivity contribution >= 4 is 56.2 Å². The number of rotatable bonds is 26. The third-order valence-corrected chi connectivity index (χ3v) is 17.1. The van der Waals surface area contributed by atoms with E-state index in [1.165, 1.54) is 60.7 Å². The van der Waals surface area contributed by atoms with E-state index in [-0.39, 0.29) is 84.8 Å². The molecule has 8 N–H and O–H groups in total. The highest BCUT2D eigenvalue weighted by molar-refractivity contribution is 7.47. The zero-order chi connectivity index (χ0) is 60.0. The number of hydrogen-bond acceptors (Lipinski definition) is 18. The first kappa shape index (κ1) is 63.8. The van der Waals surface area contributed by atoms with Crippen LogP contribution in [0.2, 0.25) is 0 Å². The van der Waals surface area contributed by atoms with Crippen molar-refractivity contribution in [1.82, 2.24) is 10.6 Å². The molecule has 2 heterocycles. The number of allylic oxidation sites excluding steroid dienone is 4. The summed E-state index contributed by atoms with van der Waals surface area (Å²) in [6.07, 6.45) is 14.1. The summed E-state index contributed by atoms with van der Waals surface area (Å²) < 4.78 is 53.2. The van der Waals surface area contributed by atoms with Gasteiger partial charge in [0.2, 0.25) is 5.91 Å². The minimum atomic E-state index is -4.22. The zero-order valence-electron chi connectivity index (χ0n) is 45.8. The molecule has 2 aromatic rings. The van der Waals surface area contributed by atoms with Crippen molar-refractivity contribution in [3.05, 3.63) is 135 Å². The maximum atomic E-state index is 13.0. The number of aromatic carboxylic acids is 1. The zero-order valence-corrected chi connectivity index (χ0v) is 47.6. The summed E-state index contributed by atoms with van der Waals surface area (Å²) >= 11 is 0. The Labute approximate surface area is 478 Å². The van der Waals surface area contributed by atoms with Gasteiger partial charge in [0.15, 0.2) is 11.2 Å². The maximum absolute atomic E-state index is 13.0. The number of aliphatic hydroxyl groups is 2. The Kier molecular flexibility index (Phi) is 22.4. The number of ketones is 1. The van der Waals surface area contributed by atoms with E-state index in [0.717, 1.165) is 19.1 Å². The van der Waals surface area contributed by atoms with Gasteiger partial charge in [-0.1, -0.05) is 31.4 Å². The van der Waals surface area contributed by atoms with E-state index in [1.54, 1.807) is 37.3 Å². The molecule has 2 aromatic carbocycles. The Balaban J connectivity index is 0.000000239. The van der Waals surface area contributed by atoms with Crippen molar-refractivity contribution in [3.8, 4) is 17.1 Å². The van der Waals surface area contributed by atoms with E-state index < -0.39 is 63.3 Å². The van der Waals surface area contributed by atoms with Crippen LogP contribution in [0.1, 0.15) is 115 Å². The van der Waals surface area contributed by atoms with E-state index in [0.29, 0.717) is 104 Å². The van der Waals surface area contributed by atoms with Crippen LogP contribution in [0, 0.1) is 29.6 Å². The normalized spacial score (nSPS) is 22.7. The second kappa shape index (κ2) is 29.2. The van der Waals surface area contributed by atoms with Gasteiger partial charge in [-0.25, -0.2) is 9.36 Å². The molecular weight excluding hydrogens is 1120 g/mol. The van der Waals surface area contributed by atoms with Gasteiger partial charge < -0.3 is 64.2 Å². The van der Waals surface area contributed by atoms with Gasteiger partial charge in [-0.15, -0.1) is 0 Å². The molecule has 6 aliphatic rings. The molecule has 2 aliphatic heterocycles. The van der Waals surface area contributed by atoms with Crippen LogP contribution in [-0.4, -0.2) is 113 Å². The van der Waals surface area contributed by atoms with Gasteiger partial charge in [-0.3, -0.25) is 37.6 Å². The number of phenolic OH excluding ortho intramolecular Hbond substituents is 1. The number of unbranched alkanes of at least 4 members (excludes halogenated alkanes) is 4. The Bertz CT molecular complexity index is 3260. The standard InChI is InChI=1S/C30H38NO11P.C28H32NO10P/c1-2-40-43(38,39)41-17-18(16-32)5-3-4-12-31-29(35)19-6-9-22(25(13-19)30(36)37)28-23-10-7-20(33)14-26(23)42-27-15-21(34)8-11-24(27)28;1-37-40(35,36)38-13-5-3-2-4-12-29-27(32)17-6-9-20(28(33)34)23(14-17)26-21-10-7-18(30)15-24(21)39-25-16-19(31)8-11-22(25)26/h7-8,10-11,14-15,18-19,22,25,32-33H,2-6,9,12-13,16-17H2,1H3,(H,31,35)(H,36,37)(H,38,39);6-11,14-16,21-22,24,26,30H,2-5,12-13H2,1H3,(H,29,32)(H,33,34)(H,35,36)/p-1. The Morgan fingerprint density at radius 2 is 1.63 bits per heavy atom. The third-order valence-electron chi connectivity index (χ3n) is 15.1. The van der Waals surface area contributed by atoms with Gasteiger partial charge in [0, 0.05) is 91.1 Å². The number of phosphoric acid groups is 2. The Morgan fingerprint density at radius 1 is 0.867 bits per heavy atom. The lowest BCUT2D eigenvalue weighted by atomic mass is 9.68. The number of benzene rings is 3. The molecule has 25 heteroatoms. The molecule has 2 amide bonds. The predicted molar refractivity (Wildman–Crippen MR) is 298 cm³/mol. The van der Waals surface area contributed by atoms with Gasteiger partial charge in [0.25, 0.3) is 13.7 Å². The van der Waals surface area contributed by atoms with E-state index in [9.17, 15) is 73.2 Å². The molecule has 1 saturated heterocycles. The molecule has 448 valence electrons. The molecule has 2 fully saturated rings. The first-order valence-corrected chi connectivity index (χ1v) is 30.4. The lowest BCUT2D eigenvalue weighted by Gasteiger charge is -2.44. The minimum absolute atomic E-state index is 0.0104. The number of phosphoric ester groups is 2. The number of aliphatic hydroxyl groups excluding tert-OH is 2. The van der Waals surface area contributed by atoms with Crippen molar-refractivity contribution in [2.24, 2.45) is 29.6 Å². The second-order valence-corrected chi connectivity index (χ2v) is 23.6. The SMILES string of the molecule is CCOP(=O)(O)OCC(CO)CCCCNC(=O)C1CCC(c2c3ccc(=O)cc-3oc3cc(O)ccc23)C(C(=O)O)C1.COP(=O)([O-])OCCCCCCNC(=O)c1ccc(C(=O)O)c(C2C3C=CC(=O)C=C3OC3C=C(O)C=CC32)c1. The van der Waals surface area contributed by atoms with Gasteiger partial charge in [-0.05, 0) is 130 Å². The summed E-state index contributed by atoms with van der Waals surface area (Å²) in [6.45, 7) is 2.01. The van der Waals surface area contributed by atoms with Crippen LogP contribution in [0.25, 0.3) is 22.3 Å². The highest BCUT2D eigenvalue weighted by Gasteiger charge is 2.46. The number of phenols is 1. The van der Waals surface area contributed by atoms with Crippen LogP contribution < -0.4 is 21.0 Å². The molecule has 0 aromatic heterocycles. The second-order valence-electron chi connectivity index (χ2n) is 20.6. The summed E-state index contributed by atoms with van der Waals surface area (Å²) in [5.41, 5.74) is 2.20. The van der Waals surface area contributed by atoms with E-state index in [2.05, 4.69) is 24.2 Å². The monoisotopic (exact) mass is 1190 g/mol. The highest BCUT2D eigenvalue weighted by Crippen LogP contribution is 2.51. The van der Waals surface area contributed by atoms with Crippen molar-refractivity contribution in [3.63, 3.8) is 0 Å². The number of aliphatic carboxylic acids is 1. The lowest BCUT2D eigenvalue weighted by Crippen LogP contribution is -2.40. The average Bonchev–Trinajstić information content (AvgIpc) is 3.24. The molecule has 10 atom stereocenters. The number of amides is 2. The van der Waals surface area contributed by atoms with Crippen LogP contribution in [-0.2, 0) is 46.3 Å². The quantitative estimate of drug-likeness (QED) is 0.0169. The fraction of sp³-hybridized carbons (Fsp3) is 0.448. The Morgan fingerprint density at radius 3 is 2.36 bits per heavy atom. The number of fused-ring (bicyclic) bond motifs is 4. The molecular formula is C58H69N2O21P2-. The van der Waals surface area contributed by atoms with Crippen LogP contribution in [0.5, 0.6) is 5.75 Å². The first-order valence-electron chi connectivity index (χ1n) is 27.4. The van der Waals surface area contributed by atoms with Crippen LogP contribution in [0.3, 0.4) is 0 Å². The first-order chi connectivity index (χ1) is 39.6. The van der Waals surface area contributed by atoms with Crippen LogP contribution in [0.4, 0.5) is 0 Å². The fourth-order valence-electron chi connectivity index (χ4n) is 11.0. The topological polar surface area (TPSA) is 364 Å². The number of carbonyl (C=O) groups excluding carboxylic acids is 3. The molecule has 0 radical (unpaired) electrons. The van der Waals surface area contributed by atoms with Gasteiger partial charge >= 0.3 is 19.8 Å². The predicted octanol–water partition coefficient (Wildman–Crippen LogP) is 7.79. The molecule has 23 nitrogen and oxygen atoms in total. The van der Waals surface area contributed by atoms with Crippen molar-refractivity contribution in [2.45, 2.75) is 89.1 Å². The third kappa shape index (κ3) is 17.0. The Hall–Kier alpha value is -6.78. The van der Waals surface area contributed by atoms with Crippen LogP contribution >= 0.6 is 15.6 Å². The maximum Gasteiger partial charge on any atom is 0.472 e. The smallest absolute Gasteiger partial charge is 0.472 e. The highest BCUT2D eigenvalue weighted by atomic mass is 31.2. The molecule has 10 unspecified atom stereocenters. The van der Waals surface area contributed by atoms with E-state index >= 15 is 0 Å². The van der Waals surface area contributed by atoms with Crippen molar-refractivity contribution in [2.75, 3.05) is 46.6 Å². The number of hydrogen-bond donors (Lipinski definition) is 8. The molecule has 1 saturated carbocycles. The number of carbonyl (C=O) groups is 5. The van der Waals surface area contributed by atoms with Gasteiger partial charge in [0.1, 0.15) is 34.7 Å². The summed E-state index contributed by atoms with van der Waals surface area (Å²) in [4.78, 5) is 95.5. The van der Waals surface area contributed by atoms with E-state index in [1.807, 2.05) is 0 Å². The lowest BCUT2D eigenvalue weighted by molar-refractivity contribution is -0.223. The largest absolute Gasteiger partial charge is 0.756 e. The molecule has 0 bridgehead atoms. The van der Waals surface area contributed by atoms with Gasteiger partial charge in [0.05, 0.1) is 31.3 Å². The summed E-state index contributed by atoms with van der Waals surface area (Å²) in [5, 5.41) is 56.2. The minimum Gasteiger partial charge on any atom is -0.756 e. The number of aromatic hydroxyl groups is 1. The summed E-state index contributed by atoms with van der Waals surface area (Å²) in [7, 11) is -7.32. The molecule has 0 spiro atoms. The van der Waals surface area contributed by atoms with Crippen molar-refractivity contribution < 1.29 is 95.7 Å². The number of carboxylic acid groups (broad SMARTS) is 2. The number of ether oxygens (including phenoxy) is 1. The molecule has 83 heavy (non-hydrogen) atoms. The van der Waals surface area contributed by atoms with E-state index in [4.69, 9.17) is 13.7 Å². The summed E-state index contributed by atoms with van der Waals surface area (Å²) in [5.74, 6) is -5.72. The van der Waals surface area contributed by atoms with Crippen molar-refractivity contribution in [1.29, 1.82) is 0 Å². The fourth-order valence-corrected chi connectivity index (χ4v) is 12.3. The van der Waals surface area contributed by atoms with Gasteiger partial charge in [-0.2, -0.15) is 0 Å². The average molecular weight is 1190 g/mol. The summed E-state index contributed by atoms with van der Waals surface area (Å²) in [6, 6.07) is 13.5. The molecule has 8 rings (SSSR count). The van der Waals surface area contributed by atoms with Crippen LogP contribution in [0.15, 0.2) is 112 Å². The molecule has 4 aliphatic carbocycles.